The van der Waals surface area contributed by atoms with Crippen molar-refractivity contribution in [2.24, 2.45) is 0 Å². The van der Waals surface area contributed by atoms with Crippen LogP contribution in [0.25, 0.3) is 0 Å². The Morgan fingerprint density at radius 1 is 1.38 bits per heavy atom. The van der Waals surface area contributed by atoms with E-state index < -0.39 is 0 Å². The fourth-order valence-corrected chi connectivity index (χ4v) is 2.21. The lowest BCUT2D eigenvalue weighted by atomic mass is 9.76. The Kier molecular flexibility index (Phi) is 3.77. The van der Waals surface area contributed by atoms with Crippen LogP contribution < -0.4 is 5.32 Å². The molecule has 0 atom stereocenters. The van der Waals surface area contributed by atoms with E-state index in [1.807, 2.05) is 12.1 Å². The fraction of sp³-hybridized carbons (Fsp3) is 0.385. The SMILES string of the molecule is C=C(Br)CNC1CC(c2ccc(F)cc2)C1. The van der Waals surface area contributed by atoms with Crippen molar-refractivity contribution in [2.45, 2.75) is 24.8 Å². The van der Waals surface area contributed by atoms with Gasteiger partial charge in [-0.3, -0.25) is 0 Å². The van der Waals surface area contributed by atoms with Crippen molar-refractivity contribution in [1.82, 2.24) is 5.32 Å². The highest BCUT2D eigenvalue weighted by molar-refractivity contribution is 9.11. The van der Waals surface area contributed by atoms with Gasteiger partial charge in [-0.25, -0.2) is 4.39 Å². The van der Waals surface area contributed by atoms with Crippen LogP contribution in [0.4, 0.5) is 4.39 Å². The van der Waals surface area contributed by atoms with E-state index in [1.165, 1.54) is 17.7 Å². The van der Waals surface area contributed by atoms with Crippen molar-refractivity contribution < 1.29 is 4.39 Å². The predicted octanol–water partition coefficient (Wildman–Crippen LogP) is 3.57. The maximum atomic E-state index is 12.7. The van der Waals surface area contributed by atoms with Gasteiger partial charge in [0.25, 0.3) is 0 Å². The highest BCUT2D eigenvalue weighted by atomic mass is 79.9. The minimum absolute atomic E-state index is 0.159. The Labute approximate surface area is 104 Å². The zero-order chi connectivity index (χ0) is 11.5. The van der Waals surface area contributed by atoms with Gasteiger partial charge in [-0.05, 0) is 36.5 Å². The van der Waals surface area contributed by atoms with Crippen molar-refractivity contribution in [2.75, 3.05) is 6.54 Å². The first-order chi connectivity index (χ1) is 7.65. The van der Waals surface area contributed by atoms with E-state index in [4.69, 9.17) is 0 Å². The van der Waals surface area contributed by atoms with Crippen LogP contribution >= 0.6 is 15.9 Å². The third-order valence-electron chi connectivity index (χ3n) is 3.06. The maximum absolute atomic E-state index is 12.7. The maximum Gasteiger partial charge on any atom is 0.123 e. The molecule has 2 rings (SSSR count). The molecular formula is C13H15BrFN. The van der Waals surface area contributed by atoms with E-state index >= 15 is 0 Å². The minimum atomic E-state index is -0.159. The summed E-state index contributed by atoms with van der Waals surface area (Å²) in [5.41, 5.74) is 1.25. The zero-order valence-corrected chi connectivity index (χ0v) is 10.6. The van der Waals surface area contributed by atoms with Crippen LogP contribution in [0.15, 0.2) is 35.3 Å². The molecule has 1 saturated carbocycles. The molecule has 1 fully saturated rings. The average molecular weight is 284 g/mol. The Hall–Kier alpha value is -0.670. The van der Waals surface area contributed by atoms with Crippen LogP contribution in [0.2, 0.25) is 0 Å². The second-order valence-corrected chi connectivity index (χ2v) is 5.44. The highest BCUT2D eigenvalue weighted by Crippen LogP contribution is 2.36. The van der Waals surface area contributed by atoms with Crippen molar-refractivity contribution in [3.05, 3.63) is 46.7 Å². The molecule has 86 valence electrons. The summed E-state index contributed by atoms with van der Waals surface area (Å²) in [5.74, 6) is 0.426. The normalized spacial score (nSPS) is 23.9. The lowest BCUT2D eigenvalue weighted by molar-refractivity contribution is 0.299. The van der Waals surface area contributed by atoms with Crippen LogP contribution in [0, 0.1) is 5.82 Å². The lowest BCUT2D eigenvalue weighted by Crippen LogP contribution is -2.40. The standard InChI is InChI=1S/C13H15BrFN/c1-9(14)8-16-13-6-11(7-13)10-2-4-12(15)5-3-10/h2-5,11,13,16H,1,6-8H2. The molecule has 1 N–H and O–H groups in total. The molecule has 0 saturated heterocycles. The van der Waals surface area contributed by atoms with Gasteiger partial charge in [-0.2, -0.15) is 0 Å². The minimum Gasteiger partial charge on any atom is -0.309 e. The van der Waals surface area contributed by atoms with Crippen LogP contribution in [-0.2, 0) is 0 Å². The molecule has 0 heterocycles. The number of hydrogen-bond acceptors (Lipinski definition) is 1. The van der Waals surface area contributed by atoms with Gasteiger partial charge < -0.3 is 5.32 Å². The first-order valence-corrected chi connectivity index (χ1v) is 6.26. The first-order valence-electron chi connectivity index (χ1n) is 5.47. The zero-order valence-electron chi connectivity index (χ0n) is 9.05. The van der Waals surface area contributed by atoms with Gasteiger partial charge in [-0.15, -0.1) is 0 Å². The smallest absolute Gasteiger partial charge is 0.123 e. The van der Waals surface area contributed by atoms with Gasteiger partial charge in [0.2, 0.25) is 0 Å². The molecule has 1 aliphatic rings. The third-order valence-corrected chi connectivity index (χ3v) is 3.34. The van der Waals surface area contributed by atoms with E-state index in [0.29, 0.717) is 12.0 Å². The Bertz CT molecular complexity index is 368. The van der Waals surface area contributed by atoms with E-state index in [1.54, 1.807) is 0 Å². The van der Waals surface area contributed by atoms with Gasteiger partial charge >= 0.3 is 0 Å². The molecule has 0 bridgehead atoms. The topological polar surface area (TPSA) is 12.0 Å². The third kappa shape index (κ3) is 2.92. The van der Waals surface area contributed by atoms with Crippen molar-refractivity contribution in [3.63, 3.8) is 0 Å². The lowest BCUT2D eigenvalue weighted by Gasteiger charge is -2.36. The molecule has 0 spiro atoms. The molecule has 0 radical (unpaired) electrons. The number of halogens is 2. The molecule has 1 nitrogen and oxygen atoms in total. The number of rotatable bonds is 4. The molecule has 0 aromatic heterocycles. The summed E-state index contributed by atoms with van der Waals surface area (Å²) in [4.78, 5) is 0. The molecule has 0 unspecified atom stereocenters. The van der Waals surface area contributed by atoms with E-state index in [9.17, 15) is 4.39 Å². The second-order valence-electron chi connectivity index (χ2n) is 4.31. The second kappa shape index (κ2) is 5.11. The van der Waals surface area contributed by atoms with Gasteiger partial charge in [0.1, 0.15) is 5.82 Å². The van der Waals surface area contributed by atoms with Gasteiger partial charge in [0.15, 0.2) is 0 Å². The molecule has 0 aliphatic heterocycles. The summed E-state index contributed by atoms with van der Waals surface area (Å²) in [5, 5.41) is 3.41. The molecule has 3 heteroatoms. The quantitative estimate of drug-likeness (QED) is 0.891. The van der Waals surface area contributed by atoms with Gasteiger partial charge in [-0.1, -0.05) is 34.6 Å². The summed E-state index contributed by atoms with van der Waals surface area (Å²) < 4.78 is 13.7. The Morgan fingerprint density at radius 2 is 2.00 bits per heavy atom. The summed E-state index contributed by atoms with van der Waals surface area (Å²) in [6.45, 7) is 4.61. The van der Waals surface area contributed by atoms with E-state index in [0.717, 1.165) is 23.9 Å². The van der Waals surface area contributed by atoms with E-state index in [2.05, 4.69) is 27.8 Å². The molecule has 1 aromatic carbocycles. The first kappa shape index (κ1) is 11.8. The highest BCUT2D eigenvalue weighted by Gasteiger charge is 2.29. The van der Waals surface area contributed by atoms with Gasteiger partial charge in [0, 0.05) is 17.1 Å². The number of benzene rings is 1. The molecule has 1 aromatic rings. The van der Waals surface area contributed by atoms with Crippen LogP contribution in [0.3, 0.4) is 0 Å². The van der Waals surface area contributed by atoms with Crippen molar-refractivity contribution in [3.8, 4) is 0 Å². The summed E-state index contributed by atoms with van der Waals surface area (Å²) >= 11 is 3.33. The predicted molar refractivity (Wildman–Crippen MR) is 68.2 cm³/mol. The van der Waals surface area contributed by atoms with Crippen LogP contribution in [0.5, 0.6) is 0 Å². The van der Waals surface area contributed by atoms with Crippen LogP contribution in [0.1, 0.15) is 24.3 Å². The monoisotopic (exact) mass is 283 g/mol. The van der Waals surface area contributed by atoms with E-state index in [-0.39, 0.29) is 5.82 Å². The van der Waals surface area contributed by atoms with Gasteiger partial charge in [0.05, 0.1) is 0 Å². The summed E-state index contributed by atoms with van der Waals surface area (Å²) in [7, 11) is 0. The Balaban J connectivity index is 1.79. The molecule has 0 amide bonds. The fourth-order valence-electron chi connectivity index (χ4n) is 2.05. The van der Waals surface area contributed by atoms with Crippen molar-refractivity contribution in [1.29, 1.82) is 0 Å². The largest absolute Gasteiger partial charge is 0.309 e. The Morgan fingerprint density at radius 3 is 2.56 bits per heavy atom. The molecular weight excluding hydrogens is 269 g/mol. The molecule has 16 heavy (non-hydrogen) atoms. The summed E-state index contributed by atoms with van der Waals surface area (Å²) in [6.07, 6.45) is 2.26. The number of nitrogens with one attached hydrogen (secondary N) is 1. The number of hydrogen-bond donors (Lipinski definition) is 1. The van der Waals surface area contributed by atoms with Crippen molar-refractivity contribution >= 4 is 15.9 Å². The molecule has 1 aliphatic carbocycles. The average Bonchev–Trinajstić information content (AvgIpc) is 2.18. The van der Waals surface area contributed by atoms with Crippen LogP contribution in [-0.4, -0.2) is 12.6 Å². The summed E-state index contributed by atoms with van der Waals surface area (Å²) in [6, 6.07) is 7.43.